The van der Waals surface area contributed by atoms with E-state index in [1.807, 2.05) is 6.07 Å². The lowest BCUT2D eigenvalue weighted by molar-refractivity contribution is 0.567. The third kappa shape index (κ3) is 6.45. The summed E-state index contributed by atoms with van der Waals surface area (Å²) in [6, 6.07) is 5.25. The molecule has 2 N–H and O–H groups in total. The van der Waals surface area contributed by atoms with Crippen LogP contribution in [0.5, 0.6) is 0 Å². The number of rotatable bonds is 2. The topological polar surface area (TPSA) is 92.3 Å². The van der Waals surface area contributed by atoms with E-state index in [1.54, 1.807) is 18.3 Å². The van der Waals surface area contributed by atoms with Crippen LogP contribution in [0.2, 0.25) is 15.7 Å². The molecule has 3 aromatic heterocycles. The molecule has 10 heteroatoms. The average Bonchev–Trinajstić information content (AvgIpc) is 2.96. The molecule has 3 rings (SSSR count). The van der Waals surface area contributed by atoms with Crippen molar-refractivity contribution in [2.45, 2.75) is 26.2 Å². The lowest BCUT2D eigenvalue weighted by Gasteiger charge is -2.14. The molecule has 0 atom stereocenters. The first kappa shape index (κ1) is 19.4. The number of nitrogens with one attached hydrogen (secondary N) is 2. The molecule has 0 unspecified atom stereocenters. The van der Waals surface area contributed by atoms with E-state index in [0.29, 0.717) is 16.8 Å². The lowest BCUT2D eigenvalue weighted by atomic mass is 9.92. The fourth-order valence-electron chi connectivity index (χ4n) is 1.62. The van der Waals surface area contributed by atoms with E-state index < -0.39 is 0 Å². The number of aromatic nitrogens is 6. The number of halogens is 3. The molecule has 0 spiro atoms. The van der Waals surface area contributed by atoms with E-state index in [0.717, 1.165) is 5.69 Å². The van der Waals surface area contributed by atoms with E-state index >= 15 is 0 Å². The normalized spacial score (nSPS) is 10.8. The van der Waals surface area contributed by atoms with Gasteiger partial charge in [0.2, 0.25) is 10.6 Å². The Bertz CT molecular complexity index is 812. The molecule has 0 radical (unpaired) electrons. The molecule has 3 heterocycles. The van der Waals surface area contributed by atoms with Crippen LogP contribution in [0, 0.1) is 0 Å². The molecule has 0 aliphatic rings. The van der Waals surface area contributed by atoms with Gasteiger partial charge >= 0.3 is 0 Å². The number of hydrogen-bond donors (Lipinski definition) is 2. The largest absolute Gasteiger partial charge is 0.323 e. The highest BCUT2D eigenvalue weighted by Crippen LogP contribution is 2.23. The van der Waals surface area contributed by atoms with Crippen LogP contribution >= 0.6 is 34.8 Å². The summed E-state index contributed by atoms with van der Waals surface area (Å²) in [5.41, 5.74) is 1.09. The van der Waals surface area contributed by atoms with Gasteiger partial charge in [-0.15, -0.1) is 0 Å². The third-order valence-electron chi connectivity index (χ3n) is 2.86. The molecule has 0 aliphatic carbocycles. The Balaban J connectivity index is 0.000000236. The Labute approximate surface area is 160 Å². The van der Waals surface area contributed by atoms with Crippen molar-refractivity contribution in [1.82, 2.24) is 30.1 Å². The molecule has 25 heavy (non-hydrogen) atoms. The predicted octanol–water partition coefficient (Wildman–Crippen LogP) is 4.68. The van der Waals surface area contributed by atoms with E-state index in [1.165, 1.54) is 6.20 Å². The van der Waals surface area contributed by atoms with Gasteiger partial charge in [-0.1, -0.05) is 32.4 Å². The Morgan fingerprint density at radius 1 is 0.920 bits per heavy atom. The molecule has 0 aliphatic heterocycles. The van der Waals surface area contributed by atoms with Gasteiger partial charge < -0.3 is 5.32 Å². The molecule has 132 valence electrons. The summed E-state index contributed by atoms with van der Waals surface area (Å²) in [5.74, 6) is 1.33. The highest BCUT2D eigenvalue weighted by atomic mass is 35.5. The van der Waals surface area contributed by atoms with Crippen molar-refractivity contribution in [3.8, 4) is 0 Å². The van der Waals surface area contributed by atoms with Gasteiger partial charge in [0, 0.05) is 29.6 Å². The van der Waals surface area contributed by atoms with Gasteiger partial charge in [0.25, 0.3) is 0 Å². The van der Waals surface area contributed by atoms with Gasteiger partial charge in [-0.2, -0.15) is 5.10 Å². The van der Waals surface area contributed by atoms with Crippen LogP contribution < -0.4 is 5.32 Å². The van der Waals surface area contributed by atoms with Crippen molar-refractivity contribution < 1.29 is 0 Å². The maximum atomic E-state index is 5.70. The summed E-state index contributed by atoms with van der Waals surface area (Å²) in [6.07, 6.45) is 3.09. The fourth-order valence-corrected chi connectivity index (χ4v) is 2.09. The van der Waals surface area contributed by atoms with Gasteiger partial charge in [-0.25, -0.2) is 19.9 Å². The van der Waals surface area contributed by atoms with Crippen LogP contribution in [0.3, 0.4) is 0 Å². The van der Waals surface area contributed by atoms with Crippen LogP contribution in [-0.4, -0.2) is 30.1 Å². The smallest absolute Gasteiger partial charge is 0.224 e. The summed E-state index contributed by atoms with van der Waals surface area (Å²) >= 11 is 16.4. The van der Waals surface area contributed by atoms with Crippen molar-refractivity contribution in [2.24, 2.45) is 0 Å². The van der Waals surface area contributed by atoms with E-state index in [2.05, 4.69) is 56.2 Å². The average molecular weight is 401 g/mol. The van der Waals surface area contributed by atoms with Crippen LogP contribution in [0.15, 0.2) is 30.6 Å². The van der Waals surface area contributed by atoms with Crippen LogP contribution in [0.1, 0.15) is 26.5 Å². The first-order valence-corrected chi connectivity index (χ1v) is 8.33. The lowest BCUT2D eigenvalue weighted by Crippen LogP contribution is -2.11. The zero-order valence-electron chi connectivity index (χ0n) is 13.8. The van der Waals surface area contributed by atoms with Gasteiger partial charge in [0.05, 0.1) is 0 Å². The van der Waals surface area contributed by atoms with E-state index in [-0.39, 0.29) is 16.0 Å². The Morgan fingerprint density at radius 3 is 2.04 bits per heavy atom. The molecular weight excluding hydrogens is 385 g/mol. The number of anilines is 2. The van der Waals surface area contributed by atoms with Crippen molar-refractivity contribution in [3.05, 3.63) is 52.0 Å². The van der Waals surface area contributed by atoms with Gasteiger partial charge in [0.15, 0.2) is 5.82 Å². The second-order valence-corrected chi connectivity index (χ2v) is 6.96. The maximum Gasteiger partial charge on any atom is 0.224 e. The van der Waals surface area contributed by atoms with Gasteiger partial charge in [-0.05, 0) is 35.3 Å². The van der Waals surface area contributed by atoms with Crippen molar-refractivity contribution in [2.75, 3.05) is 5.32 Å². The summed E-state index contributed by atoms with van der Waals surface area (Å²) in [4.78, 5) is 15.0. The quantitative estimate of drug-likeness (QED) is 0.479. The Hall–Kier alpha value is -1.96. The van der Waals surface area contributed by atoms with Crippen molar-refractivity contribution >= 4 is 46.4 Å². The third-order valence-corrected chi connectivity index (χ3v) is 3.44. The molecule has 0 bridgehead atoms. The molecule has 0 saturated heterocycles. The zero-order valence-corrected chi connectivity index (χ0v) is 16.0. The van der Waals surface area contributed by atoms with Crippen LogP contribution in [0.25, 0.3) is 0 Å². The Morgan fingerprint density at radius 2 is 1.56 bits per heavy atom. The molecule has 3 aromatic rings. The summed E-state index contributed by atoms with van der Waals surface area (Å²) < 4.78 is 0. The number of hydrogen-bond acceptors (Lipinski definition) is 6. The minimum Gasteiger partial charge on any atom is -0.323 e. The summed E-state index contributed by atoms with van der Waals surface area (Å²) in [5, 5.41) is 11.0. The summed E-state index contributed by atoms with van der Waals surface area (Å²) in [6.45, 7) is 6.35. The Kier molecular flexibility index (Phi) is 6.52. The predicted molar refractivity (Wildman–Crippen MR) is 99.7 cm³/mol. The molecule has 7 nitrogen and oxygen atoms in total. The number of H-pyrrole nitrogens is 1. The van der Waals surface area contributed by atoms with Gasteiger partial charge in [0.1, 0.15) is 11.0 Å². The number of aromatic amines is 1. The first-order valence-electron chi connectivity index (χ1n) is 7.19. The molecular formula is C15H16Cl3N7. The highest BCUT2D eigenvalue weighted by Gasteiger charge is 2.16. The second-order valence-electron chi connectivity index (χ2n) is 5.90. The van der Waals surface area contributed by atoms with E-state index in [4.69, 9.17) is 34.8 Å². The van der Waals surface area contributed by atoms with Crippen LogP contribution in [0.4, 0.5) is 11.6 Å². The summed E-state index contributed by atoms with van der Waals surface area (Å²) in [7, 11) is 0. The molecule has 0 amide bonds. The van der Waals surface area contributed by atoms with Crippen molar-refractivity contribution in [3.63, 3.8) is 0 Å². The van der Waals surface area contributed by atoms with Gasteiger partial charge in [-0.3, -0.25) is 5.10 Å². The first-order chi connectivity index (χ1) is 11.7. The molecule has 0 saturated carbocycles. The number of nitrogens with zero attached hydrogens (tertiary/aromatic N) is 5. The second kappa shape index (κ2) is 8.42. The van der Waals surface area contributed by atoms with Crippen molar-refractivity contribution in [1.29, 1.82) is 0 Å². The zero-order chi connectivity index (χ0) is 18.4. The SMILES string of the molecule is CC(C)(C)c1cc(Nc2ccnc(Cl)n2)n[nH]1.Clc1ccnc(Cl)n1. The van der Waals surface area contributed by atoms with E-state index in [9.17, 15) is 0 Å². The molecule has 0 fully saturated rings. The fraction of sp³-hybridized carbons (Fsp3) is 0.267. The monoisotopic (exact) mass is 399 g/mol. The van der Waals surface area contributed by atoms with Crippen LogP contribution in [-0.2, 0) is 5.41 Å². The standard InChI is InChI=1S/C11H14ClN5.C4H2Cl2N2/c1-11(2,3)7-6-9(17-16-7)14-8-4-5-13-10(12)15-8;5-3-1-2-7-4(6)8-3/h4-6H,1-3H3,(H2,13,14,15,16,17);1-2H. The highest BCUT2D eigenvalue weighted by molar-refractivity contribution is 6.31. The minimum absolute atomic E-state index is 0.0379. The maximum absolute atomic E-state index is 5.70. The minimum atomic E-state index is 0.0379. The molecule has 0 aromatic carbocycles.